The van der Waals surface area contributed by atoms with Crippen LogP contribution in [0.2, 0.25) is 5.02 Å². The SMILES string of the molecule is C=CCN1C(=O)C(=Cc2ccc(OCCSc3ccc(Cl)cc3)cc2)SC1=S. The molecule has 3 nitrogen and oxygen atoms in total. The van der Waals surface area contributed by atoms with Crippen molar-refractivity contribution in [2.75, 3.05) is 18.9 Å². The van der Waals surface area contributed by atoms with Crippen LogP contribution in [0.15, 0.2) is 71.0 Å². The Balaban J connectivity index is 1.51. The molecule has 0 N–H and O–H groups in total. The normalized spacial score (nSPS) is 15.3. The zero-order valence-corrected chi connectivity index (χ0v) is 18.2. The summed E-state index contributed by atoms with van der Waals surface area (Å²) < 4.78 is 6.35. The highest BCUT2D eigenvalue weighted by molar-refractivity contribution is 8.26. The van der Waals surface area contributed by atoms with Crippen molar-refractivity contribution in [1.82, 2.24) is 4.90 Å². The number of ether oxygens (including phenoxy) is 1. The molecule has 1 amide bonds. The Kier molecular flexibility index (Phi) is 7.62. The molecule has 1 fully saturated rings. The first-order valence-corrected chi connectivity index (χ1v) is 11.1. The highest BCUT2D eigenvalue weighted by Crippen LogP contribution is 2.32. The van der Waals surface area contributed by atoms with E-state index in [0.717, 1.165) is 27.0 Å². The second-order valence-corrected chi connectivity index (χ2v) is 9.08. The topological polar surface area (TPSA) is 29.5 Å². The Morgan fingerprint density at radius 2 is 1.89 bits per heavy atom. The van der Waals surface area contributed by atoms with Crippen LogP contribution in [0.1, 0.15) is 5.56 Å². The maximum atomic E-state index is 12.4. The van der Waals surface area contributed by atoms with Crippen LogP contribution < -0.4 is 4.74 Å². The maximum Gasteiger partial charge on any atom is 0.266 e. The summed E-state index contributed by atoms with van der Waals surface area (Å²) in [6, 6.07) is 15.4. The van der Waals surface area contributed by atoms with Crippen LogP contribution in [0.4, 0.5) is 0 Å². The lowest BCUT2D eigenvalue weighted by atomic mass is 10.2. The van der Waals surface area contributed by atoms with Gasteiger partial charge in [0.05, 0.1) is 11.5 Å². The number of amides is 1. The van der Waals surface area contributed by atoms with Crippen molar-refractivity contribution in [3.8, 4) is 5.75 Å². The van der Waals surface area contributed by atoms with E-state index in [0.29, 0.717) is 22.4 Å². The molecule has 0 aliphatic carbocycles. The highest BCUT2D eigenvalue weighted by Gasteiger charge is 2.30. The number of hydrogen-bond donors (Lipinski definition) is 0. The lowest BCUT2D eigenvalue weighted by Crippen LogP contribution is -2.27. The van der Waals surface area contributed by atoms with Crippen molar-refractivity contribution in [2.45, 2.75) is 4.90 Å². The summed E-state index contributed by atoms with van der Waals surface area (Å²) in [4.78, 5) is 15.7. The van der Waals surface area contributed by atoms with Gasteiger partial charge in [0.25, 0.3) is 5.91 Å². The van der Waals surface area contributed by atoms with E-state index in [1.54, 1.807) is 22.7 Å². The van der Waals surface area contributed by atoms with Crippen molar-refractivity contribution in [1.29, 1.82) is 0 Å². The summed E-state index contributed by atoms with van der Waals surface area (Å²) in [5.41, 5.74) is 0.932. The summed E-state index contributed by atoms with van der Waals surface area (Å²) >= 11 is 14.2. The molecule has 0 bridgehead atoms. The summed E-state index contributed by atoms with van der Waals surface area (Å²) in [5.74, 6) is 1.57. The van der Waals surface area contributed by atoms with Gasteiger partial charge in [-0.25, -0.2) is 0 Å². The van der Waals surface area contributed by atoms with Gasteiger partial charge in [-0.05, 0) is 48.0 Å². The van der Waals surface area contributed by atoms with Gasteiger partial charge in [0, 0.05) is 22.2 Å². The molecular formula is C21H18ClNO2S3. The van der Waals surface area contributed by atoms with Gasteiger partial charge in [-0.3, -0.25) is 9.69 Å². The third-order valence-corrected chi connectivity index (χ3v) is 6.40. The first kappa shape index (κ1) is 21.0. The second kappa shape index (κ2) is 10.2. The Morgan fingerprint density at radius 3 is 2.57 bits per heavy atom. The average Bonchev–Trinajstić information content (AvgIpc) is 2.96. The number of rotatable bonds is 8. The van der Waals surface area contributed by atoms with Crippen LogP contribution in [0.5, 0.6) is 5.75 Å². The molecular weight excluding hydrogens is 430 g/mol. The van der Waals surface area contributed by atoms with E-state index in [1.807, 2.05) is 54.6 Å². The van der Waals surface area contributed by atoms with E-state index in [1.165, 1.54) is 11.8 Å². The van der Waals surface area contributed by atoms with Crippen molar-refractivity contribution in [2.24, 2.45) is 0 Å². The Hall–Kier alpha value is -1.73. The number of thioether (sulfide) groups is 2. The largest absolute Gasteiger partial charge is 0.493 e. The average molecular weight is 448 g/mol. The molecule has 2 aromatic carbocycles. The molecule has 0 aromatic heterocycles. The zero-order valence-electron chi connectivity index (χ0n) is 15.0. The molecule has 0 atom stereocenters. The van der Waals surface area contributed by atoms with E-state index in [-0.39, 0.29) is 5.91 Å². The number of carbonyl (C=O) groups is 1. The van der Waals surface area contributed by atoms with Gasteiger partial charge in [-0.15, -0.1) is 18.3 Å². The fraction of sp³-hybridized carbons (Fsp3) is 0.143. The lowest BCUT2D eigenvalue weighted by Gasteiger charge is -2.10. The van der Waals surface area contributed by atoms with Crippen LogP contribution in [-0.4, -0.2) is 34.0 Å². The smallest absolute Gasteiger partial charge is 0.266 e. The molecule has 1 heterocycles. The van der Waals surface area contributed by atoms with E-state index in [9.17, 15) is 4.79 Å². The predicted octanol–water partition coefficient (Wildman–Crippen LogP) is 5.90. The van der Waals surface area contributed by atoms with Crippen LogP contribution >= 0.6 is 47.3 Å². The van der Waals surface area contributed by atoms with E-state index < -0.39 is 0 Å². The van der Waals surface area contributed by atoms with Crippen molar-refractivity contribution in [3.63, 3.8) is 0 Å². The third-order valence-electron chi connectivity index (χ3n) is 3.80. The fourth-order valence-electron chi connectivity index (χ4n) is 2.45. The molecule has 3 rings (SSSR count). The van der Waals surface area contributed by atoms with E-state index in [2.05, 4.69) is 6.58 Å². The third kappa shape index (κ3) is 5.64. The minimum atomic E-state index is -0.0746. The number of hydrogen-bond acceptors (Lipinski definition) is 5. The Labute approximate surface area is 183 Å². The van der Waals surface area contributed by atoms with Crippen LogP contribution in [0.25, 0.3) is 6.08 Å². The van der Waals surface area contributed by atoms with Gasteiger partial charge >= 0.3 is 0 Å². The number of benzene rings is 2. The van der Waals surface area contributed by atoms with Crippen LogP contribution in [0.3, 0.4) is 0 Å². The molecule has 0 unspecified atom stereocenters. The first-order valence-electron chi connectivity index (χ1n) is 8.54. The summed E-state index contributed by atoms with van der Waals surface area (Å²) in [7, 11) is 0. The highest BCUT2D eigenvalue weighted by atomic mass is 35.5. The van der Waals surface area contributed by atoms with E-state index in [4.69, 9.17) is 28.6 Å². The molecule has 1 aliphatic heterocycles. The van der Waals surface area contributed by atoms with Gasteiger partial charge in [-0.1, -0.05) is 53.8 Å². The molecule has 7 heteroatoms. The summed E-state index contributed by atoms with van der Waals surface area (Å²) in [5, 5.41) is 0.739. The molecule has 0 saturated carbocycles. The van der Waals surface area contributed by atoms with E-state index >= 15 is 0 Å². The molecule has 0 radical (unpaired) electrons. The van der Waals surface area contributed by atoms with Crippen LogP contribution in [-0.2, 0) is 4.79 Å². The van der Waals surface area contributed by atoms with Crippen molar-refractivity contribution >= 4 is 63.6 Å². The maximum absolute atomic E-state index is 12.4. The lowest BCUT2D eigenvalue weighted by molar-refractivity contribution is -0.121. The molecule has 2 aromatic rings. The summed E-state index contributed by atoms with van der Waals surface area (Å²) in [6.07, 6.45) is 3.52. The monoisotopic (exact) mass is 447 g/mol. The predicted molar refractivity (Wildman–Crippen MR) is 124 cm³/mol. The first-order chi connectivity index (χ1) is 13.6. The Bertz CT molecular complexity index is 895. The summed E-state index contributed by atoms with van der Waals surface area (Å²) in [6.45, 7) is 4.70. The van der Waals surface area contributed by atoms with Crippen LogP contribution in [0, 0.1) is 0 Å². The fourth-order valence-corrected chi connectivity index (χ4v) is 4.58. The van der Waals surface area contributed by atoms with Gasteiger partial charge < -0.3 is 4.74 Å². The van der Waals surface area contributed by atoms with Gasteiger partial charge in [0.2, 0.25) is 0 Å². The van der Waals surface area contributed by atoms with Gasteiger partial charge in [-0.2, -0.15) is 0 Å². The second-order valence-electron chi connectivity index (χ2n) is 5.80. The quantitative estimate of drug-likeness (QED) is 0.165. The molecule has 0 spiro atoms. The van der Waals surface area contributed by atoms with Crippen molar-refractivity contribution in [3.05, 3.63) is 76.7 Å². The number of carbonyl (C=O) groups excluding carboxylic acids is 1. The number of halogens is 1. The molecule has 144 valence electrons. The van der Waals surface area contributed by atoms with Gasteiger partial charge in [0.1, 0.15) is 10.1 Å². The molecule has 1 saturated heterocycles. The minimum absolute atomic E-state index is 0.0746. The minimum Gasteiger partial charge on any atom is -0.493 e. The van der Waals surface area contributed by atoms with Gasteiger partial charge in [0.15, 0.2) is 0 Å². The number of nitrogens with zero attached hydrogens (tertiary/aromatic N) is 1. The number of thiocarbonyl (C=S) groups is 1. The molecule has 28 heavy (non-hydrogen) atoms. The standard InChI is InChI=1S/C21H18ClNO2S3/c1-2-11-23-20(24)19(28-21(23)26)14-15-3-7-17(8-4-15)25-12-13-27-18-9-5-16(22)6-10-18/h2-10,14H,1,11-13H2. The van der Waals surface area contributed by atoms with Crippen molar-refractivity contribution < 1.29 is 9.53 Å². The molecule has 1 aliphatic rings. The zero-order chi connectivity index (χ0) is 19.9. The Morgan fingerprint density at radius 1 is 1.18 bits per heavy atom.